The summed E-state index contributed by atoms with van der Waals surface area (Å²) in [5.41, 5.74) is -0.0585. The second kappa shape index (κ2) is 14.6. The predicted octanol–water partition coefficient (Wildman–Crippen LogP) is 6.03. The van der Waals surface area contributed by atoms with Gasteiger partial charge in [0.1, 0.15) is 29.4 Å². The first-order valence-electron chi connectivity index (χ1n) is 18.7. The van der Waals surface area contributed by atoms with Crippen LogP contribution in [0.15, 0.2) is 59.5 Å². The summed E-state index contributed by atoms with van der Waals surface area (Å²) in [6, 6.07) is 10.1. The van der Waals surface area contributed by atoms with Gasteiger partial charge in [0.2, 0.25) is 11.8 Å². The molecule has 0 radical (unpaired) electrons. The number of carbonyl (C=O) groups excluding carboxylic acids is 3. The van der Waals surface area contributed by atoms with Crippen LogP contribution >= 0.6 is 0 Å². The lowest BCUT2D eigenvalue weighted by molar-refractivity contribution is -0.141. The fourth-order valence-electron chi connectivity index (χ4n) is 8.69. The van der Waals surface area contributed by atoms with E-state index >= 15 is 8.78 Å². The van der Waals surface area contributed by atoms with Crippen LogP contribution in [0.1, 0.15) is 84.7 Å². The summed E-state index contributed by atoms with van der Waals surface area (Å²) in [6.07, 6.45) is 0.149. The van der Waals surface area contributed by atoms with Crippen molar-refractivity contribution in [3.63, 3.8) is 0 Å². The molecular formula is C39H39F5N8O4. The van der Waals surface area contributed by atoms with Crippen molar-refractivity contribution in [3.05, 3.63) is 88.0 Å². The Morgan fingerprint density at radius 1 is 1.00 bits per heavy atom. The smallest absolute Gasteiger partial charge is 0.318 e. The van der Waals surface area contributed by atoms with Gasteiger partial charge in [-0.15, -0.1) is 0 Å². The van der Waals surface area contributed by atoms with Crippen molar-refractivity contribution in [2.24, 2.45) is 13.0 Å². The van der Waals surface area contributed by atoms with Crippen molar-refractivity contribution in [3.8, 4) is 0 Å². The van der Waals surface area contributed by atoms with Gasteiger partial charge in [0.25, 0.3) is 5.91 Å². The molecule has 3 atom stereocenters. The van der Waals surface area contributed by atoms with Gasteiger partial charge < -0.3 is 10.2 Å². The van der Waals surface area contributed by atoms with Gasteiger partial charge in [-0.3, -0.25) is 33.5 Å². The molecule has 3 fully saturated rings. The van der Waals surface area contributed by atoms with E-state index in [1.807, 2.05) is 6.07 Å². The Labute approximate surface area is 316 Å². The van der Waals surface area contributed by atoms with E-state index in [1.54, 1.807) is 30.1 Å². The molecule has 56 heavy (non-hydrogen) atoms. The number of hydrogen-bond donors (Lipinski definition) is 2. The van der Waals surface area contributed by atoms with Crippen LogP contribution in [0.3, 0.4) is 0 Å². The molecule has 3 aliphatic rings. The number of carbonyl (C=O) groups is 3. The maximum absolute atomic E-state index is 16.1. The minimum Gasteiger partial charge on any atom is -0.318 e. The van der Waals surface area contributed by atoms with Crippen LogP contribution in [0.5, 0.6) is 0 Å². The third kappa shape index (κ3) is 7.08. The first-order chi connectivity index (χ1) is 26.7. The van der Waals surface area contributed by atoms with Gasteiger partial charge in [-0.1, -0.05) is 18.2 Å². The molecule has 17 heteroatoms. The molecule has 5 aromatic rings. The minimum atomic E-state index is -4.73. The largest absolute Gasteiger partial charge is 0.433 e. The molecule has 3 amide bonds. The summed E-state index contributed by atoms with van der Waals surface area (Å²) < 4.78 is 75.0. The summed E-state index contributed by atoms with van der Waals surface area (Å²) in [7, 11) is 1.63. The Balaban J connectivity index is 0.884. The first-order valence-corrected chi connectivity index (χ1v) is 18.7. The topological polar surface area (TPSA) is 136 Å². The molecule has 3 aromatic heterocycles. The Morgan fingerprint density at radius 3 is 2.50 bits per heavy atom. The molecular weight excluding hydrogens is 739 g/mol. The van der Waals surface area contributed by atoms with Crippen molar-refractivity contribution < 1.29 is 36.3 Å². The highest BCUT2D eigenvalue weighted by molar-refractivity contribution is 6.04. The molecule has 3 unspecified atom stereocenters. The molecule has 0 bridgehead atoms. The zero-order chi connectivity index (χ0) is 39.5. The van der Waals surface area contributed by atoms with E-state index in [9.17, 15) is 32.3 Å². The van der Waals surface area contributed by atoms with Crippen LogP contribution in [0.2, 0.25) is 0 Å². The first kappa shape index (κ1) is 37.5. The van der Waals surface area contributed by atoms with E-state index in [2.05, 4.69) is 25.6 Å². The molecule has 2 saturated heterocycles. The molecule has 294 valence electrons. The van der Waals surface area contributed by atoms with Crippen LogP contribution in [-0.4, -0.2) is 72.3 Å². The molecule has 5 heterocycles. The van der Waals surface area contributed by atoms with E-state index in [-0.39, 0.29) is 42.7 Å². The van der Waals surface area contributed by atoms with Crippen molar-refractivity contribution >= 4 is 45.3 Å². The van der Waals surface area contributed by atoms with Gasteiger partial charge in [-0.25, -0.2) is 18.6 Å². The molecule has 1 aliphatic carbocycles. The number of amides is 3. The van der Waals surface area contributed by atoms with Crippen molar-refractivity contribution in [1.29, 1.82) is 0 Å². The average Bonchev–Trinajstić information content (AvgIpc) is 3.69. The fraction of sp³-hybridized carbons (Fsp3) is 0.436. The van der Waals surface area contributed by atoms with Crippen LogP contribution < -0.4 is 16.3 Å². The zero-order valence-corrected chi connectivity index (χ0v) is 30.4. The molecule has 8 rings (SSSR count). The third-order valence-electron chi connectivity index (χ3n) is 11.5. The number of piperidine rings is 2. The number of hydrogen-bond acceptors (Lipinski definition) is 7. The summed E-state index contributed by atoms with van der Waals surface area (Å²) in [5.74, 6) is -2.74. The van der Waals surface area contributed by atoms with Gasteiger partial charge >= 0.3 is 11.9 Å². The summed E-state index contributed by atoms with van der Waals surface area (Å²) >= 11 is 0. The summed E-state index contributed by atoms with van der Waals surface area (Å²) in [5, 5.41) is 9.78. The number of rotatable bonds is 7. The monoisotopic (exact) mass is 778 g/mol. The second-order valence-corrected chi connectivity index (χ2v) is 15.1. The normalized spacial score (nSPS) is 23.8. The number of alkyl halides is 4. The number of fused-ring (bicyclic) bond motifs is 2. The second-order valence-electron chi connectivity index (χ2n) is 15.1. The highest BCUT2D eigenvalue weighted by Crippen LogP contribution is 2.38. The van der Waals surface area contributed by atoms with E-state index < -0.39 is 53.3 Å². The van der Waals surface area contributed by atoms with E-state index in [4.69, 9.17) is 0 Å². The molecule has 12 nitrogen and oxygen atoms in total. The lowest BCUT2D eigenvalue weighted by Gasteiger charge is -2.38. The Bertz CT molecular complexity index is 2410. The minimum absolute atomic E-state index is 0.0494. The SMILES string of the molecule is Cn1c(=O)n(C2CCC(=O)NC2=O)c2cccc(C3CCN(C[C@H]4CC[C@H](n5cc6cc(NC(=O)c7cccc(C(F)(F)F)n7)c(F)cc6n5)CC4)CC3F)c21. The van der Waals surface area contributed by atoms with Gasteiger partial charge in [0.05, 0.1) is 28.3 Å². The van der Waals surface area contributed by atoms with Gasteiger partial charge in [-0.2, -0.15) is 18.3 Å². The number of pyridine rings is 1. The number of benzene rings is 2. The number of aryl methyl sites for hydroxylation is 1. The standard InChI is InChI=1S/C39H39F5N8O4/c1-49-35-25(4-2-6-31(35)52(38(49)56)32-12-13-34(53)47-37(32)55)24-14-15-50(20-27(24)41)18-21-8-10-23(11-9-21)51-19-22-16-30(26(40)17-29(22)48-51)46-36(54)28-5-3-7-33(45-28)39(42,43)44/h2-7,16-17,19,21,23-24,27,32H,8-15,18,20H2,1H3,(H,46,54)(H,47,53,55)/t21-,23-,24?,27?,32?. The van der Waals surface area contributed by atoms with Crippen LogP contribution in [0.4, 0.5) is 27.6 Å². The van der Waals surface area contributed by atoms with Gasteiger partial charge in [0.15, 0.2) is 0 Å². The molecule has 2 aromatic carbocycles. The van der Waals surface area contributed by atoms with Crippen molar-refractivity contribution in [2.75, 3.05) is 25.0 Å². The third-order valence-corrected chi connectivity index (χ3v) is 11.5. The molecule has 0 spiro atoms. The molecule has 2 aliphatic heterocycles. The lowest BCUT2D eigenvalue weighted by Crippen LogP contribution is -2.44. The lowest BCUT2D eigenvalue weighted by atomic mass is 9.83. The summed E-state index contributed by atoms with van der Waals surface area (Å²) in [6.45, 7) is 1.67. The molecule has 2 N–H and O–H groups in total. The van der Waals surface area contributed by atoms with Crippen LogP contribution in [0.25, 0.3) is 21.9 Å². The number of nitrogens with zero attached hydrogens (tertiary/aromatic N) is 6. The average molecular weight is 779 g/mol. The van der Waals surface area contributed by atoms with Crippen molar-refractivity contribution in [2.45, 2.75) is 75.3 Å². The number of para-hydroxylation sites is 1. The van der Waals surface area contributed by atoms with Crippen molar-refractivity contribution in [1.82, 2.24) is 34.1 Å². The number of aromatic nitrogens is 5. The van der Waals surface area contributed by atoms with E-state index in [0.29, 0.717) is 40.8 Å². The number of anilines is 1. The predicted molar refractivity (Wildman–Crippen MR) is 195 cm³/mol. The zero-order valence-electron chi connectivity index (χ0n) is 30.4. The summed E-state index contributed by atoms with van der Waals surface area (Å²) in [4.78, 5) is 56.0. The van der Waals surface area contributed by atoms with E-state index in [0.717, 1.165) is 56.0 Å². The van der Waals surface area contributed by atoms with Crippen LogP contribution in [-0.2, 0) is 22.8 Å². The number of halogens is 5. The number of imidazole rings is 1. The highest BCUT2D eigenvalue weighted by Gasteiger charge is 2.37. The van der Waals surface area contributed by atoms with Crippen LogP contribution in [0, 0.1) is 11.7 Å². The molecule has 1 saturated carbocycles. The number of nitrogens with one attached hydrogen (secondary N) is 2. The van der Waals surface area contributed by atoms with E-state index in [1.165, 1.54) is 21.3 Å². The van der Waals surface area contributed by atoms with Gasteiger partial charge in [-0.05, 0) is 80.8 Å². The Morgan fingerprint density at radius 2 is 1.77 bits per heavy atom. The Hall–Kier alpha value is -5.45. The fourth-order valence-corrected chi connectivity index (χ4v) is 8.69. The number of imide groups is 1. The number of likely N-dealkylation sites (tertiary alicyclic amines) is 1. The Kier molecular flexibility index (Phi) is 9.75. The van der Waals surface area contributed by atoms with Gasteiger partial charge in [0, 0.05) is 50.1 Å². The maximum atomic E-state index is 16.1. The quantitative estimate of drug-likeness (QED) is 0.152. The highest BCUT2D eigenvalue weighted by atomic mass is 19.4. The maximum Gasteiger partial charge on any atom is 0.433 e.